The van der Waals surface area contributed by atoms with Crippen molar-refractivity contribution in [2.24, 2.45) is 5.92 Å². The van der Waals surface area contributed by atoms with Gasteiger partial charge in [-0.2, -0.15) is 0 Å². The molecule has 10 heteroatoms. The summed E-state index contributed by atoms with van der Waals surface area (Å²) in [6.45, 7) is 2.24. The average Bonchev–Trinajstić information content (AvgIpc) is 3.26. The zero-order valence-corrected chi connectivity index (χ0v) is 16.8. The molecule has 1 aliphatic rings. The van der Waals surface area contributed by atoms with Crippen LogP contribution >= 0.6 is 0 Å². The second-order valence-corrected chi connectivity index (χ2v) is 8.83. The summed E-state index contributed by atoms with van der Waals surface area (Å²) in [4.78, 5) is 12.7. The van der Waals surface area contributed by atoms with Crippen LogP contribution in [0, 0.1) is 18.7 Å². The number of imidazole rings is 1. The molecule has 1 N–H and O–H groups in total. The van der Waals surface area contributed by atoms with Crippen LogP contribution in [0.1, 0.15) is 11.6 Å². The monoisotopic (exact) mass is 413 g/mol. The second-order valence-electron chi connectivity index (χ2n) is 6.60. The molecule has 0 unspecified atom stereocenters. The van der Waals surface area contributed by atoms with Crippen LogP contribution in [0.4, 0.5) is 4.39 Å². The molecule has 1 saturated heterocycles. The Morgan fingerprint density at radius 1 is 1.39 bits per heavy atom. The molecule has 1 aliphatic heterocycles. The van der Waals surface area contributed by atoms with E-state index >= 15 is 0 Å². The summed E-state index contributed by atoms with van der Waals surface area (Å²) in [5, 5.41) is 6.89. The number of hydrogen-bond donors (Lipinski definition) is 1. The van der Waals surface area contributed by atoms with E-state index < -0.39 is 10.0 Å². The van der Waals surface area contributed by atoms with Crippen LogP contribution in [-0.4, -0.2) is 66.9 Å². The van der Waals surface area contributed by atoms with E-state index in [1.54, 1.807) is 25.4 Å². The number of carbonyl (C=O) groups is 1. The Kier molecular flexibility index (Phi) is 7.28. The Morgan fingerprint density at radius 3 is 2.71 bits per heavy atom. The molecule has 1 aromatic carbocycles. The van der Waals surface area contributed by atoms with Crippen LogP contribution < -0.4 is 0 Å². The molecule has 3 rings (SSSR count). The maximum absolute atomic E-state index is 13.9. The molecule has 0 bridgehead atoms. The van der Waals surface area contributed by atoms with Crippen LogP contribution in [-0.2, 0) is 19.6 Å². The lowest BCUT2D eigenvalue weighted by molar-refractivity contribution is -0.122. The second kappa shape index (κ2) is 9.26. The quantitative estimate of drug-likeness (QED) is 0.750. The van der Waals surface area contributed by atoms with Gasteiger partial charge in [0.15, 0.2) is 0 Å². The summed E-state index contributed by atoms with van der Waals surface area (Å²) in [6, 6.07) is 4.72. The van der Waals surface area contributed by atoms with Crippen LogP contribution in [0.5, 0.6) is 0 Å². The highest BCUT2D eigenvalue weighted by Gasteiger charge is 2.35. The van der Waals surface area contributed by atoms with Crippen molar-refractivity contribution < 1.29 is 27.4 Å². The highest BCUT2D eigenvalue weighted by Crippen LogP contribution is 2.33. The van der Waals surface area contributed by atoms with E-state index in [1.165, 1.54) is 24.5 Å². The smallest absolute Gasteiger partial charge is 0.290 e. The number of sulfonamides is 1. The number of rotatable bonds is 5. The Hall–Kier alpha value is -2.30. The largest absolute Gasteiger partial charge is 0.483 e. The molecule has 0 saturated carbocycles. The van der Waals surface area contributed by atoms with Crippen molar-refractivity contribution in [3.63, 3.8) is 0 Å². The molecule has 28 heavy (non-hydrogen) atoms. The van der Waals surface area contributed by atoms with E-state index in [0.29, 0.717) is 30.2 Å². The number of hydrogen-bond acceptors (Lipinski definition) is 5. The normalized spacial score (nSPS) is 19.3. The number of carboxylic acid groups (broad SMARTS) is 1. The van der Waals surface area contributed by atoms with Crippen LogP contribution in [0.25, 0.3) is 11.4 Å². The SMILES string of the molecule is Cc1c(F)cccc1-c1nccn1[C@@H]1COC[C@@H]1CS(=O)(=O)N(C)C.O=CO. The fraction of sp³-hybridized carbons (Fsp3) is 0.444. The fourth-order valence-electron chi connectivity index (χ4n) is 3.11. The third kappa shape index (κ3) is 4.75. The van der Waals surface area contributed by atoms with Crippen molar-refractivity contribution in [1.29, 1.82) is 0 Å². The molecule has 1 fully saturated rings. The first-order valence-electron chi connectivity index (χ1n) is 8.57. The third-order valence-electron chi connectivity index (χ3n) is 4.68. The van der Waals surface area contributed by atoms with Crippen LogP contribution in [0.2, 0.25) is 0 Å². The van der Waals surface area contributed by atoms with Gasteiger partial charge in [-0.05, 0) is 18.6 Å². The summed E-state index contributed by atoms with van der Waals surface area (Å²) in [6.07, 6.45) is 3.45. The van der Waals surface area contributed by atoms with E-state index in [-0.39, 0.29) is 30.0 Å². The van der Waals surface area contributed by atoms with Gasteiger partial charge in [-0.3, -0.25) is 4.79 Å². The average molecular weight is 413 g/mol. The molecule has 0 aliphatic carbocycles. The zero-order chi connectivity index (χ0) is 20.9. The minimum absolute atomic E-state index is 0.00438. The Bertz CT molecular complexity index is 914. The van der Waals surface area contributed by atoms with Gasteiger partial charge in [-0.25, -0.2) is 22.1 Å². The highest BCUT2D eigenvalue weighted by atomic mass is 32.2. The lowest BCUT2D eigenvalue weighted by Crippen LogP contribution is -2.32. The fourth-order valence-corrected chi connectivity index (χ4v) is 4.27. The van der Waals surface area contributed by atoms with E-state index in [9.17, 15) is 12.8 Å². The van der Waals surface area contributed by atoms with Crippen molar-refractivity contribution >= 4 is 16.5 Å². The molecule has 0 amide bonds. The Balaban J connectivity index is 0.000000878. The van der Waals surface area contributed by atoms with Gasteiger partial charge in [0, 0.05) is 38.0 Å². The number of benzene rings is 1. The summed E-state index contributed by atoms with van der Waals surface area (Å²) in [5.41, 5.74) is 1.22. The van der Waals surface area contributed by atoms with Gasteiger partial charge in [0.25, 0.3) is 6.47 Å². The van der Waals surface area contributed by atoms with Crippen molar-refractivity contribution in [1.82, 2.24) is 13.9 Å². The first kappa shape index (κ1) is 22.0. The predicted molar refractivity (Wildman–Crippen MR) is 102 cm³/mol. The Labute approximate surface area is 163 Å². The third-order valence-corrected chi connectivity index (χ3v) is 6.64. The van der Waals surface area contributed by atoms with E-state index in [2.05, 4.69) is 4.98 Å². The molecule has 154 valence electrons. The maximum atomic E-state index is 13.9. The Morgan fingerprint density at radius 2 is 2.07 bits per heavy atom. The molecule has 2 aromatic rings. The van der Waals surface area contributed by atoms with Gasteiger partial charge in [-0.1, -0.05) is 12.1 Å². The van der Waals surface area contributed by atoms with Gasteiger partial charge in [0.1, 0.15) is 11.6 Å². The molecule has 1 aromatic heterocycles. The van der Waals surface area contributed by atoms with Crippen LogP contribution in [0.3, 0.4) is 0 Å². The lowest BCUT2D eigenvalue weighted by Gasteiger charge is -2.23. The summed E-state index contributed by atoms with van der Waals surface area (Å²) in [7, 11) is -0.285. The summed E-state index contributed by atoms with van der Waals surface area (Å²) >= 11 is 0. The molecule has 2 heterocycles. The maximum Gasteiger partial charge on any atom is 0.290 e. The van der Waals surface area contributed by atoms with E-state index in [1.807, 2.05) is 10.6 Å². The van der Waals surface area contributed by atoms with Gasteiger partial charge < -0.3 is 14.4 Å². The minimum atomic E-state index is -3.34. The van der Waals surface area contributed by atoms with Gasteiger partial charge >= 0.3 is 0 Å². The van der Waals surface area contributed by atoms with Crippen molar-refractivity contribution in [3.8, 4) is 11.4 Å². The molecule has 0 spiro atoms. The predicted octanol–water partition coefficient (Wildman–Crippen LogP) is 1.78. The zero-order valence-electron chi connectivity index (χ0n) is 15.9. The van der Waals surface area contributed by atoms with Gasteiger partial charge in [0.2, 0.25) is 10.0 Å². The highest BCUT2D eigenvalue weighted by molar-refractivity contribution is 7.89. The summed E-state index contributed by atoms with van der Waals surface area (Å²) < 4.78 is 47.1. The minimum Gasteiger partial charge on any atom is -0.483 e. The van der Waals surface area contributed by atoms with Crippen molar-refractivity contribution in [2.45, 2.75) is 13.0 Å². The van der Waals surface area contributed by atoms with Crippen molar-refractivity contribution in [3.05, 3.63) is 42.0 Å². The molecule has 8 nitrogen and oxygen atoms in total. The number of aromatic nitrogens is 2. The standard InChI is InChI=1S/C17H22FN3O3S.CH2O2/c1-12-14(5-4-6-15(12)18)17-19-7-8-21(17)16-10-24-9-13(16)11-25(22,23)20(2)3;2-1-3/h4-8,13,16H,9-11H2,1-3H3;1H,(H,2,3)/t13-,16-;/m1./s1. The summed E-state index contributed by atoms with van der Waals surface area (Å²) in [5.74, 6) is 0.153. The topological polar surface area (TPSA) is 102 Å². The lowest BCUT2D eigenvalue weighted by atomic mass is 10.0. The number of halogens is 1. The number of nitrogens with zero attached hydrogens (tertiary/aromatic N) is 3. The van der Waals surface area contributed by atoms with E-state index in [0.717, 1.165) is 0 Å². The first-order valence-corrected chi connectivity index (χ1v) is 10.2. The molecule has 2 atom stereocenters. The van der Waals surface area contributed by atoms with Crippen molar-refractivity contribution in [2.75, 3.05) is 33.1 Å². The first-order chi connectivity index (χ1) is 13.2. The molecule has 0 radical (unpaired) electrons. The molecular weight excluding hydrogens is 389 g/mol. The number of ether oxygens (including phenoxy) is 1. The van der Waals surface area contributed by atoms with Crippen LogP contribution in [0.15, 0.2) is 30.6 Å². The van der Waals surface area contributed by atoms with Gasteiger partial charge in [0.05, 0.1) is 25.0 Å². The molecular formula is C18H24FN3O5S. The van der Waals surface area contributed by atoms with E-state index in [4.69, 9.17) is 14.6 Å². The van der Waals surface area contributed by atoms with Gasteiger partial charge in [-0.15, -0.1) is 0 Å².